The van der Waals surface area contributed by atoms with Gasteiger partial charge in [0, 0.05) is 11.6 Å². The summed E-state index contributed by atoms with van der Waals surface area (Å²) in [5.41, 5.74) is 1.06. The Bertz CT molecular complexity index is 591. The maximum Gasteiger partial charge on any atom is 0.159 e. The number of hydrogen-bond acceptors (Lipinski definition) is 3. The molecule has 1 aliphatic heterocycles. The van der Waals surface area contributed by atoms with Gasteiger partial charge in [0.2, 0.25) is 0 Å². The van der Waals surface area contributed by atoms with Gasteiger partial charge in [0.05, 0.1) is 6.54 Å². The Balaban J connectivity index is 1.73. The van der Waals surface area contributed by atoms with Crippen LogP contribution in [0.3, 0.4) is 0 Å². The second kappa shape index (κ2) is 5.71. The lowest BCUT2D eigenvalue weighted by molar-refractivity contribution is 0.197. The molecule has 3 nitrogen and oxygen atoms in total. The minimum absolute atomic E-state index is 0.526. The lowest BCUT2D eigenvalue weighted by Crippen LogP contribution is -2.28. The smallest absolute Gasteiger partial charge is 0.159 e. The minimum atomic E-state index is -0.872. The van der Waals surface area contributed by atoms with Gasteiger partial charge in [-0.15, -0.1) is 0 Å². The van der Waals surface area contributed by atoms with Gasteiger partial charge in [-0.2, -0.15) is 0 Å². The van der Waals surface area contributed by atoms with E-state index < -0.39 is 11.6 Å². The first kappa shape index (κ1) is 13.2. The van der Waals surface area contributed by atoms with E-state index in [1.54, 1.807) is 6.07 Å². The highest BCUT2D eigenvalue weighted by molar-refractivity contribution is 5.58. The van der Waals surface area contributed by atoms with Gasteiger partial charge in [-0.05, 0) is 44.1 Å². The first-order valence-corrected chi connectivity index (χ1v) is 6.86. The second-order valence-electron chi connectivity index (χ2n) is 5.14. The molecule has 106 valence electrons. The molecule has 0 radical (unpaired) electrons. The predicted octanol–water partition coefficient (Wildman–Crippen LogP) is 3.61. The molecule has 1 aromatic heterocycles. The highest BCUT2D eigenvalue weighted by Gasteiger charge is 2.14. The molecule has 0 spiro atoms. The number of likely N-dealkylation sites (tertiary alicyclic amines) is 1. The summed E-state index contributed by atoms with van der Waals surface area (Å²) in [7, 11) is 0. The molecular weight excluding hydrogens is 262 g/mol. The molecule has 3 rings (SSSR count). The van der Waals surface area contributed by atoms with Gasteiger partial charge in [-0.1, -0.05) is 11.6 Å². The fourth-order valence-electron chi connectivity index (χ4n) is 2.52. The highest BCUT2D eigenvalue weighted by atomic mass is 19.2. The molecule has 0 N–H and O–H groups in total. The van der Waals surface area contributed by atoms with Crippen molar-refractivity contribution in [2.24, 2.45) is 0 Å². The SMILES string of the molecule is Fc1ccc(-c2cc(CN3CCCCC3)on2)cc1F. The molecule has 1 aliphatic rings. The molecule has 1 aromatic carbocycles. The first-order chi connectivity index (χ1) is 9.72. The van der Waals surface area contributed by atoms with Gasteiger partial charge in [-0.3, -0.25) is 4.90 Å². The van der Waals surface area contributed by atoms with Crippen molar-refractivity contribution >= 4 is 0 Å². The van der Waals surface area contributed by atoms with Crippen LogP contribution in [0.15, 0.2) is 28.8 Å². The van der Waals surface area contributed by atoms with Gasteiger partial charge in [-0.25, -0.2) is 8.78 Å². The summed E-state index contributed by atoms with van der Waals surface area (Å²) >= 11 is 0. The van der Waals surface area contributed by atoms with Crippen LogP contribution in [0.2, 0.25) is 0 Å². The normalized spacial score (nSPS) is 16.5. The second-order valence-corrected chi connectivity index (χ2v) is 5.14. The standard InChI is InChI=1S/C15H16F2N2O/c16-13-5-4-11(8-14(13)17)15-9-12(20-18-15)10-19-6-2-1-3-7-19/h4-5,8-9H,1-3,6-7,10H2. The zero-order valence-corrected chi connectivity index (χ0v) is 11.1. The van der Waals surface area contributed by atoms with Gasteiger partial charge in [0.15, 0.2) is 17.4 Å². The van der Waals surface area contributed by atoms with Crippen LogP contribution in [0, 0.1) is 11.6 Å². The average Bonchev–Trinajstić information content (AvgIpc) is 2.91. The molecule has 0 bridgehead atoms. The quantitative estimate of drug-likeness (QED) is 0.859. The van der Waals surface area contributed by atoms with Crippen molar-refractivity contribution in [3.8, 4) is 11.3 Å². The van der Waals surface area contributed by atoms with Crippen LogP contribution >= 0.6 is 0 Å². The van der Waals surface area contributed by atoms with E-state index in [0.29, 0.717) is 11.3 Å². The van der Waals surface area contributed by atoms with E-state index in [9.17, 15) is 8.78 Å². The molecule has 0 saturated carbocycles. The zero-order chi connectivity index (χ0) is 13.9. The molecule has 2 heterocycles. The van der Waals surface area contributed by atoms with E-state index >= 15 is 0 Å². The average molecular weight is 278 g/mol. The van der Waals surface area contributed by atoms with Crippen LogP contribution in [-0.2, 0) is 6.54 Å². The number of halogens is 2. The van der Waals surface area contributed by atoms with Gasteiger partial charge in [0.25, 0.3) is 0 Å². The maximum atomic E-state index is 13.2. The van der Waals surface area contributed by atoms with E-state index in [1.807, 2.05) is 0 Å². The third-order valence-electron chi connectivity index (χ3n) is 3.60. The topological polar surface area (TPSA) is 29.3 Å². The van der Waals surface area contributed by atoms with E-state index in [1.165, 1.54) is 25.3 Å². The Morgan fingerprint density at radius 2 is 1.85 bits per heavy atom. The molecule has 1 saturated heterocycles. The van der Waals surface area contributed by atoms with E-state index in [2.05, 4.69) is 10.1 Å². The number of hydrogen-bond donors (Lipinski definition) is 0. The fraction of sp³-hybridized carbons (Fsp3) is 0.400. The predicted molar refractivity (Wildman–Crippen MR) is 71.0 cm³/mol. The van der Waals surface area contributed by atoms with Crippen LogP contribution in [0.5, 0.6) is 0 Å². The first-order valence-electron chi connectivity index (χ1n) is 6.86. The van der Waals surface area contributed by atoms with Crippen LogP contribution in [0.25, 0.3) is 11.3 Å². The minimum Gasteiger partial charge on any atom is -0.359 e. The number of piperidine rings is 1. The Hall–Kier alpha value is -1.75. The van der Waals surface area contributed by atoms with Crippen molar-refractivity contribution in [2.75, 3.05) is 13.1 Å². The van der Waals surface area contributed by atoms with Gasteiger partial charge in [0.1, 0.15) is 5.69 Å². The Labute approximate surface area is 116 Å². The molecule has 20 heavy (non-hydrogen) atoms. The van der Waals surface area contributed by atoms with Crippen LogP contribution in [-0.4, -0.2) is 23.1 Å². The summed E-state index contributed by atoms with van der Waals surface area (Å²) in [6.45, 7) is 2.86. The summed E-state index contributed by atoms with van der Waals surface area (Å²) in [6.07, 6.45) is 3.71. The van der Waals surface area contributed by atoms with E-state index in [-0.39, 0.29) is 0 Å². The van der Waals surface area contributed by atoms with E-state index in [0.717, 1.165) is 37.5 Å². The van der Waals surface area contributed by atoms with Gasteiger partial charge >= 0.3 is 0 Å². The molecule has 5 heteroatoms. The zero-order valence-electron chi connectivity index (χ0n) is 11.1. The van der Waals surface area contributed by atoms with Crippen molar-refractivity contribution < 1.29 is 13.3 Å². The van der Waals surface area contributed by atoms with Crippen molar-refractivity contribution in [3.05, 3.63) is 41.7 Å². The fourth-order valence-corrected chi connectivity index (χ4v) is 2.52. The number of rotatable bonds is 3. The van der Waals surface area contributed by atoms with Crippen molar-refractivity contribution in [2.45, 2.75) is 25.8 Å². The van der Waals surface area contributed by atoms with Gasteiger partial charge < -0.3 is 4.52 Å². The summed E-state index contributed by atoms with van der Waals surface area (Å²) in [6, 6.07) is 5.53. The number of aromatic nitrogens is 1. The summed E-state index contributed by atoms with van der Waals surface area (Å²) in [5.74, 6) is -0.972. The maximum absolute atomic E-state index is 13.2. The summed E-state index contributed by atoms with van der Waals surface area (Å²) in [4.78, 5) is 2.32. The summed E-state index contributed by atoms with van der Waals surface area (Å²) in [5, 5.41) is 3.93. The van der Waals surface area contributed by atoms with E-state index in [4.69, 9.17) is 4.52 Å². The Morgan fingerprint density at radius 1 is 1.05 bits per heavy atom. The highest BCUT2D eigenvalue weighted by Crippen LogP contribution is 2.22. The molecule has 0 amide bonds. The number of benzene rings is 1. The molecule has 0 unspecified atom stereocenters. The Morgan fingerprint density at radius 3 is 2.60 bits per heavy atom. The van der Waals surface area contributed by atoms with Crippen LogP contribution < -0.4 is 0 Å². The molecule has 0 atom stereocenters. The summed E-state index contributed by atoms with van der Waals surface area (Å²) < 4.78 is 31.4. The molecule has 0 aliphatic carbocycles. The lowest BCUT2D eigenvalue weighted by atomic mass is 10.1. The number of nitrogens with zero attached hydrogens (tertiary/aromatic N) is 2. The third kappa shape index (κ3) is 2.88. The van der Waals surface area contributed by atoms with Crippen LogP contribution in [0.4, 0.5) is 8.78 Å². The van der Waals surface area contributed by atoms with Crippen molar-refractivity contribution in [1.29, 1.82) is 0 Å². The Kier molecular flexibility index (Phi) is 3.78. The molecule has 2 aromatic rings. The van der Waals surface area contributed by atoms with Crippen LogP contribution in [0.1, 0.15) is 25.0 Å². The molecule has 1 fully saturated rings. The van der Waals surface area contributed by atoms with Crippen molar-refractivity contribution in [1.82, 2.24) is 10.1 Å². The molecular formula is C15H16F2N2O. The lowest BCUT2D eigenvalue weighted by Gasteiger charge is -2.24. The largest absolute Gasteiger partial charge is 0.359 e. The third-order valence-corrected chi connectivity index (χ3v) is 3.60. The van der Waals surface area contributed by atoms with Crippen molar-refractivity contribution in [3.63, 3.8) is 0 Å². The monoisotopic (exact) mass is 278 g/mol.